The highest BCUT2D eigenvalue weighted by molar-refractivity contribution is 5.79. The predicted octanol–water partition coefficient (Wildman–Crippen LogP) is 6.65. The summed E-state index contributed by atoms with van der Waals surface area (Å²) in [6.45, 7) is 3.97. The van der Waals surface area contributed by atoms with Crippen LogP contribution in [0.1, 0.15) is 45.1 Å². The second kappa shape index (κ2) is 12.8. The highest BCUT2D eigenvalue weighted by Gasteiger charge is 2.27. The topological polar surface area (TPSA) is 109 Å². The van der Waals surface area contributed by atoms with E-state index in [2.05, 4.69) is 26.2 Å². The van der Waals surface area contributed by atoms with Crippen molar-refractivity contribution in [3.63, 3.8) is 0 Å². The number of nitrogens with zero attached hydrogens (tertiary/aromatic N) is 5. The van der Waals surface area contributed by atoms with Gasteiger partial charge < -0.3 is 9.47 Å². The van der Waals surface area contributed by atoms with E-state index in [9.17, 15) is 4.79 Å². The zero-order chi connectivity index (χ0) is 23.2. The van der Waals surface area contributed by atoms with E-state index < -0.39 is 11.5 Å². The first kappa shape index (κ1) is 24.4. The van der Waals surface area contributed by atoms with E-state index in [1.807, 2.05) is 42.5 Å². The lowest BCUT2D eigenvalue weighted by Gasteiger charge is -2.15. The van der Waals surface area contributed by atoms with Crippen LogP contribution < -0.4 is 4.74 Å². The maximum absolute atomic E-state index is 11.8. The van der Waals surface area contributed by atoms with Gasteiger partial charge in [-0.2, -0.15) is 10.2 Å². The van der Waals surface area contributed by atoms with Crippen molar-refractivity contribution in [2.24, 2.45) is 15.3 Å². The van der Waals surface area contributed by atoms with Crippen LogP contribution in [-0.4, -0.2) is 24.7 Å². The summed E-state index contributed by atoms with van der Waals surface area (Å²) in [6, 6.07) is 14.7. The van der Waals surface area contributed by atoms with Crippen molar-refractivity contribution in [3.8, 4) is 18.1 Å². The summed E-state index contributed by atoms with van der Waals surface area (Å²) in [5, 5.41) is 11.8. The van der Waals surface area contributed by atoms with Crippen LogP contribution in [0.3, 0.4) is 0 Å². The van der Waals surface area contributed by atoms with Crippen molar-refractivity contribution in [1.82, 2.24) is 0 Å². The first-order chi connectivity index (χ1) is 15.4. The van der Waals surface area contributed by atoms with E-state index in [1.165, 1.54) is 13.8 Å². The van der Waals surface area contributed by atoms with Crippen molar-refractivity contribution in [2.75, 3.05) is 13.2 Å². The fourth-order valence-electron chi connectivity index (χ4n) is 2.62. The molecular formula is C24H27N5O3. The Hall–Kier alpha value is -3.82. The summed E-state index contributed by atoms with van der Waals surface area (Å²) in [5.41, 5.74) is 9.46. The SMILES string of the molecule is C#Cc1cccc(N=Nc2ccc(OCCCCCCOC(=O)C(C)(C)N=[N+]=[N-])cc2)c1. The molecule has 0 aromatic heterocycles. The van der Waals surface area contributed by atoms with Gasteiger partial charge in [0.2, 0.25) is 0 Å². The second-order valence-electron chi connectivity index (χ2n) is 7.54. The number of hydrogen-bond acceptors (Lipinski definition) is 6. The van der Waals surface area contributed by atoms with Crippen LogP contribution in [0.25, 0.3) is 10.4 Å². The molecule has 166 valence electrons. The van der Waals surface area contributed by atoms with E-state index in [-0.39, 0.29) is 0 Å². The second-order valence-corrected chi connectivity index (χ2v) is 7.54. The summed E-state index contributed by atoms with van der Waals surface area (Å²) in [6.07, 6.45) is 8.91. The molecule has 8 heteroatoms. The van der Waals surface area contributed by atoms with Crippen LogP contribution in [0.5, 0.6) is 5.75 Å². The van der Waals surface area contributed by atoms with Crippen molar-refractivity contribution < 1.29 is 14.3 Å². The maximum Gasteiger partial charge on any atom is 0.317 e. The molecule has 0 saturated carbocycles. The molecule has 0 bridgehead atoms. The molecule has 0 fully saturated rings. The smallest absolute Gasteiger partial charge is 0.317 e. The molecule has 8 nitrogen and oxygen atoms in total. The van der Waals surface area contributed by atoms with Crippen LogP contribution in [0.15, 0.2) is 63.9 Å². The number of unbranched alkanes of at least 4 members (excludes halogenated alkanes) is 3. The number of rotatable bonds is 12. The summed E-state index contributed by atoms with van der Waals surface area (Å²) in [7, 11) is 0. The minimum absolute atomic E-state index is 0.313. The molecule has 2 aromatic rings. The van der Waals surface area contributed by atoms with Gasteiger partial charge in [0.25, 0.3) is 0 Å². The minimum Gasteiger partial charge on any atom is -0.494 e. The standard InChI is InChI=1S/C24H27N5O3/c1-4-19-10-9-11-21(18-19)27-26-20-12-14-22(15-13-20)31-16-7-5-6-8-17-32-23(30)24(2,3)28-29-25/h1,9-15,18H,5-8,16-17H2,2-3H3. The molecule has 0 unspecified atom stereocenters. The zero-order valence-corrected chi connectivity index (χ0v) is 18.4. The van der Waals surface area contributed by atoms with E-state index in [1.54, 1.807) is 6.07 Å². The fourth-order valence-corrected chi connectivity index (χ4v) is 2.62. The molecule has 0 saturated heterocycles. The molecule has 0 spiro atoms. The van der Waals surface area contributed by atoms with Gasteiger partial charge in [0.1, 0.15) is 11.3 Å². The number of carbonyl (C=O) groups is 1. The lowest BCUT2D eigenvalue weighted by atomic mass is 10.1. The van der Waals surface area contributed by atoms with Gasteiger partial charge in [-0.05, 0) is 87.5 Å². The molecule has 2 rings (SSSR count). The van der Waals surface area contributed by atoms with E-state index in [4.69, 9.17) is 21.4 Å². The Morgan fingerprint density at radius 2 is 1.72 bits per heavy atom. The molecule has 0 aliphatic rings. The average molecular weight is 434 g/mol. The van der Waals surface area contributed by atoms with Gasteiger partial charge in [-0.15, -0.1) is 6.42 Å². The lowest BCUT2D eigenvalue weighted by Crippen LogP contribution is -2.31. The zero-order valence-electron chi connectivity index (χ0n) is 18.4. The number of ether oxygens (including phenoxy) is 2. The van der Waals surface area contributed by atoms with E-state index in [0.29, 0.717) is 18.9 Å². The molecule has 0 amide bonds. The Kier molecular flexibility index (Phi) is 9.76. The van der Waals surface area contributed by atoms with E-state index in [0.717, 1.165) is 42.7 Å². The molecule has 0 radical (unpaired) electrons. The number of azide groups is 1. The predicted molar refractivity (Wildman–Crippen MR) is 123 cm³/mol. The van der Waals surface area contributed by atoms with Gasteiger partial charge in [0, 0.05) is 10.5 Å². The van der Waals surface area contributed by atoms with Gasteiger partial charge in [-0.1, -0.05) is 17.1 Å². The summed E-state index contributed by atoms with van der Waals surface area (Å²) >= 11 is 0. The van der Waals surface area contributed by atoms with Gasteiger partial charge in [-0.3, -0.25) is 4.79 Å². The van der Waals surface area contributed by atoms with Crippen molar-refractivity contribution in [3.05, 3.63) is 64.5 Å². The molecule has 0 N–H and O–H groups in total. The Labute approximate surface area is 188 Å². The Morgan fingerprint density at radius 3 is 2.41 bits per heavy atom. The van der Waals surface area contributed by atoms with Crippen molar-refractivity contribution >= 4 is 17.3 Å². The van der Waals surface area contributed by atoms with Gasteiger partial charge in [-0.25, -0.2) is 0 Å². The van der Waals surface area contributed by atoms with Gasteiger partial charge in [0.15, 0.2) is 0 Å². The maximum atomic E-state index is 11.8. The highest BCUT2D eigenvalue weighted by atomic mass is 16.5. The summed E-state index contributed by atoms with van der Waals surface area (Å²) in [4.78, 5) is 14.4. The normalized spacial score (nSPS) is 10.9. The molecular weight excluding hydrogens is 406 g/mol. The van der Waals surface area contributed by atoms with Crippen LogP contribution in [-0.2, 0) is 9.53 Å². The quantitative estimate of drug-likeness (QED) is 0.0932. The van der Waals surface area contributed by atoms with Gasteiger partial charge >= 0.3 is 5.97 Å². The number of benzene rings is 2. The largest absolute Gasteiger partial charge is 0.494 e. The number of hydrogen-bond donors (Lipinski definition) is 0. The summed E-state index contributed by atoms with van der Waals surface area (Å²) < 4.78 is 10.9. The number of esters is 1. The third-order valence-electron chi connectivity index (χ3n) is 4.47. The van der Waals surface area contributed by atoms with Crippen molar-refractivity contribution in [1.29, 1.82) is 0 Å². The third kappa shape index (κ3) is 8.50. The highest BCUT2D eigenvalue weighted by Crippen LogP contribution is 2.22. The third-order valence-corrected chi connectivity index (χ3v) is 4.47. The minimum atomic E-state index is -1.17. The van der Waals surface area contributed by atoms with E-state index >= 15 is 0 Å². The first-order valence-electron chi connectivity index (χ1n) is 10.4. The number of carbonyl (C=O) groups excluding carboxylic acids is 1. The molecule has 0 aliphatic heterocycles. The molecule has 2 aromatic carbocycles. The number of terminal acetylenes is 1. The molecule has 0 atom stereocenters. The summed E-state index contributed by atoms with van der Waals surface area (Å²) in [5.74, 6) is 2.83. The molecule has 0 heterocycles. The molecule has 0 aliphatic carbocycles. The van der Waals surface area contributed by atoms with Crippen LogP contribution in [0, 0.1) is 12.3 Å². The number of azo groups is 1. The van der Waals surface area contributed by atoms with Crippen LogP contribution >= 0.6 is 0 Å². The molecule has 32 heavy (non-hydrogen) atoms. The van der Waals surface area contributed by atoms with Crippen molar-refractivity contribution in [2.45, 2.75) is 45.1 Å². The fraction of sp³-hybridized carbons (Fsp3) is 0.375. The monoisotopic (exact) mass is 433 g/mol. The van der Waals surface area contributed by atoms with Crippen LogP contribution in [0.4, 0.5) is 11.4 Å². The Bertz CT molecular complexity index is 1000. The first-order valence-corrected chi connectivity index (χ1v) is 10.4. The lowest BCUT2D eigenvalue weighted by molar-refractivity contribution is -0.148. The Balaban J connectivity index is 1.62. The van der Waals surface area contributed by atoms with Gasteiger partial charge in [0.05, 0.1) is 24.6 Å². The average Bonchev–Trinajstić information content (AvgIpc) is 2.80. The Morgan fingerprint density at radius 1 is 1.03 bits per heavy atom. The van der Waals surface area contributed by atoms with Crippen LogP contribution in [0.2, 0.25) is 0 Å².